The van der Waals surface area contributed by atoms with Crippen LogP contribution in [-0.2, 0) is 21.4 Å². The lowest BCUT2D eigenvalue weighted by Crippen LogP contribution is -2.47. The van der Waals surface area contributed by atoms with Crippen LogP contribution < -0.4 is 5.32 Å². The van der Waals surface area contributed by atoms with Crippen LogP contribution in [0.4, 0.5) is 0 Å². The molecule has 0 saturated carbocycles. The molecule has 5 nitrogen and oxygen atoms in total. The number of para-hydroxylation sites is 1. The molecule has 4 aromatic rings. The fourth-order valence-corrected chi connectivity index (χ4v) is 5.11. The minimum atomic E-state index is -1.05. The molecule has 3 aromatic carbocycles. The van der Waals surface area contributed by atoms with Crippen molar-refractivity contribution in [1.29, 1.82) is 0 Å². The number of carbonyl (C=O) groups is 2. The number of carboxylic acid groups (broad SMARTS) is 1. The van der Waals surface area contributed by atoms with E-state index in [0.29, 0.717) is 12.8 Å². The summed E-state index contributed by atoms with van der Waals surface area (Å²) in [6.45, 7) is 1.72. The smallest absolute Gasteiger partial charge is 0.305 e. The maximum Gasteiger partial charge on any atom is 0.305 e. The summed E-state index contributed by atoms with van der Waals surface area (Å²) in [6.07, 6.45) is 6.85. The van der Waals surface area contributed by atoms with Crippen molar-refractivity contribution >= 4 is 28.4 Å². The molecule has 186 valence electrons. The summed E-state index contributed by atoms with van der Waals surface area (Å²) in [6, 6.07) is 27.4. The highest BCUT2D eigenvalue weighted by molar-refractivity contribution is 5.99. The van der Waals surface area contributed by atoms with Crippen molar-refractivity contribution in [2.24, 2.45) is 0 Å². The molecule has 0 fully saturated rings. The minimum absolute atomic E-state index is 0.153. The second kappa shape index (κ2) is 10.3. The van der Waals surface area contributed by atoms with Crippen molar-refractivity contribution < 1.29 is 19.1 Å². The van der Waals surface area contributed by atoms with Gasteiger partial charge in [0.05, 0.1) is 11.8 Å². The number of amides is 1. The number of carbonyl (C=O) groups excluding carboxylic acids is 1. The van der Waals surface area contributed by atoms with Gasteiger partial charge in [0.25, 0.3) is 0 Å². The average Bonchev–Trinajstić information content (AvgIpc) is 3.27. The third-order valence-corrected chi connectivity index (χ3v) is 6.88. The third kappa shape index (κ3) is 4.98. The summed E-state index contributed by atoms with van der Waals surface area (Å²) in [5, 5.41) is 13.1. The first kappa shape index (κ1) is 24.3. The van der Waals surface area contributed by atoms with Crippen molar-refractivity contribution in [2.45, 2.75) is 37.6 Å². The zero-order valence-electron chi connectivity index (χ0n) is 20.7. The Bertz CT molecular complexity index is 1480. The zero-order valence-corrected chi connectivity index (χ0v) is 20.7. The maximum absolute atomic E-state index is 14.1. The molecule has 2 N–H and O–H groups in total. The Kier molecular flexibility index (Phi) is 6.78. The molecule has 0 aliphatic heterocycles. The minimum Gasteiger partial charge on any atom is -0.481 e. The van der Waals surface area contributed by atoms with Crippen LogP contribution in [0.25, 0.3) is 16.5 Å². The molecule has 5 rings (SSSR count). The van der Waals surface area contributed by atoms with Crippen LogP contribution in [0, 0.1) is 0 Å². The van der Waals surface area contributed by atoms with E-state index < -0.39 is 17.4 Å². The number of furan rings is 1. The summed E-state index contributed by atoms with van der Waals surface area (Å²) in [5.74, 6) is -0.456. The van der Waals surface area contributed by atoms with E-state index in [-0.39, 0.29) is 12.3 Å². The van der Waals surface area contributed by atoms with E-state index >= 15 is 0 Å². The predicted octanol–water partition coefficient (Wildman–Crippen LogP) is 6.28. The van der Waals surface area contributed by atoms with Crippen LogP contribution in [0.5, 0.6) is 0 Å². The van der Waals surface area contributed by atoms with Crippen molar-refractivity contribution in [3.8, 4) is 0 Å². The average molecular weight is 492 g/mol. The number of fused-ring (bicyclic) bond motifs is 1. The number of aliphatic carboxylic acids is 1. The van der Waals surface area contributed by atoms with E-state index in [4.69, 9.17) is 4.42 Å². The number of allylic oxidation sites excluding steroid dienone is 3. The summed E-state index contributed by atoms with van der Waals surface area (Å²) in [4.78, 5) is 25.4. The molecule has 1 amide bonds. The van der Waals surface area contributed by atoms with Crippen molar-refractivity contribution in [1.82, 2.24) is 5.32 Å². The van der Waals surface area contributed by atoms with Gasteiger partial charge in [-0.05, 0) is 36.1 Å². The highest BCUT2D eigenvalue weighted by Crippen LogP contribution is 2.44. The Balaban J connectivity index is 1.63. The lowest BCUT2D eigenvalue weighted by Gasteiger charge is -2.33. The molecule has 2 unspecified atom stereocenters. The van der Waals surface area contributed by atoms with Crippen molar-refractivity contribution in [3.63, 3.8) is 0 Å². The molecule has 0 bridgehead atoms. The molecule has 5 heteroatoms. The van der Waals surface area contributed by atoms with Crippen LogP contribution in [0.1, 0.15) is 42.2 Å². The first-order valence-electron chi connectivity index (χ1n) is 12.5. The number of rotatable bonds is 8. The molecule has 1 aromatic heterocycles. The number of carboxylic acids is 1. The Labute approximate surface area is 216 Å². The molecule has 1 aliphatic rings. The molecular formula is C32H29NO4. The van der Waals surface area contributed by atoms with Crippen molar-refractivity contribution in [2.75, 3.05) is 0 Å². The van der Waals surface area contributed by atoms with E-state index in [0.717, 1.165) is 39.0 Å². The Morgan fingerprint density at radius 1 is 0.973 bits per heavy atom. The van der Waals surface area contributed by atoms with E-state index in [9.17, 15) is 14.7 Å². The highest BCUT2D eigenvalue weighted by Gasteiger charge is 2.43. The highest BCUT2D eigenvalue weighted by atomic mass is 16.4. The molecule has 37 heavy (non-hydrogen) atoms. The number of benzene rings is 3. The second-order valence-corrected chi connectivity index (χ2v) is 9.57. The zero-order chi connectivity index (χ0) is 25.8. The van der Waals surface area contributed by atoms with E-state index in [2.05, 4.69) is 11.4 Å². The topological polar surface area (TPSA) is 79.5 Å². The van der Waals surface area contributed by atoms with E-state index in [1.54, 1.807) is 6.92 Å². The molecule has 2 atom stereocenters. The normalized spacial score (nSPS) is 17.8. The SMILES string of the molecule is CC(CC(=O)O)NC(=O)C1(c2c(Cc3ccccc3)oc3ccccc23)C=CC(c2ccccc2)=CC1. The first-order chi connectivity index (χ1) is 18.0. The van der Waals surface area contributed by atoms with Gasteiger partial charge in [0, 0.05) is 23.4 Å². The van der Waals surface area contributed by atoms with Gasteiger partial charge in [-0.2, -0.15) is 0 Å². The van der Waals surface area contributed by atoms with Crippen LogP contribution >= 0.6 is 0 Å². The predicted molar refractivity (Wildman–Crippen MR) is 145 cm³/mol. The van der Waals surface area contributed by atoms with Gasteiger partial charge >= 0.3 is 5.97 Å². The van der Waals surface area contributed by atoms with Crippen LogP contribution in [-0.4, -0.2) is 23.0 Å². The van der Waals surface area contributed by atoms with Gasteiger partial charge in [0.1, 0.15) is 11.3 Å². The standard InChI is InChI=1S/C32H29NO4/c1-22(20-29(34)35)33-31(36)32(18-16-25(17-19-32)24-12-6-3-7-13-24)30-26-14-8-9-15-27(26)37-28(30)21-23-10-4-2-5-11-23/h2-18,22H,19-21H2,1H3,(H,33,36)(H,34,35). The van der Waals surface area contributed by atoms with E-state index in [1.807, 2.05) is 97.1 Å². The number of nitrogens with one attached hydrogen (secondary N) is 1. The number of hydrogen-bond acceptors (Lipinski definition) is 3. The van der Waals surface area contributed by atoms with Gasteiger partial charge in [0.15, 0.2) is 0 Å². The molecule has 1 aliphatic carbocycles. The van der Waals surface area contributed by atoms with E-state index in [1.165, 1.54) is 0 Å². The van der Waals surface area contributed by atoms with Gasteiger partial charge in [-0.25, -0.2) is 0 Å². The summed E-state index contributed by atoms with van der Waals surface area (Å²) in [5.41, 5.74) is 3.69. The van der Waals surface area contributed by atoms with Gasteiger partial charge < -0.3 is 14.8 Å². The lowest BCUT2D eigenvalue weighted by molar-refractivity contribution is -0.137. The fraction of sp³-hybridized carbons (Fsp3) is 0.188. The quantitative estimate of drug-likeness (QED) is 0.304. The Morgan fingerprint density at radius 2 is 1.65 bits per heavy atom. The molecule has 0 saturated heterocycles. The second-order valence-electron chi connectivity index (χ2n) is 9.57. The largest absolute Gasteiger partial charge is 0.481 e. The van der Waals surface area contributed by atoms with Crippen LogP contribution in [0.15, 0.2) is 108 Å². The molecule has 0 spiro atoms. The monoisotopic (exact) mass is 491 g/mol. The Morgan fingerprint density at radius 3 is 2.32 bits per heavy atom. The lowest BCUT2D eigenvalue weighted by atomic mass is 9.71. The maximum atomic E-state index is 14.1. The first-order valence-corrected chi connectivity index (χ1v) is 12.5. The van der Waals surface area contributed by atoms with Crippen molar-refractivity contribution in [3.05, 3.63) is 126 Å². The molecule has 1 heterocycles. The van der Waals surface area contributed by atoms with Gasteiger partial charge in [0.2, 0.25) is 5.91 Å². The third-order valence-electron chi connectivity index (χ3n) is 6.88. The summed E-state index contributed by atoms with van der Waals surface area (Å²) in [7, 11) is 0. The Hall–Kier alpha value is -4.38. The van der Waals surface area contributed by atoms with Gasteiger partial charge in [-0.15, -0.1) is 0 Å². The molecular weight excluding hydrogens is 462 g/mol. The fourth-order valence-electron chi connectivity index (χ4n) is 5.11. The number of hydrogen-bond donors (Lipinski definition) is 2. The molecule has 0 radical (unpaired) electrons. The summed E-state index contributed by atoms with van der Waals surface area (Å²) < 4.78 is 6.38. The van der Waals surface area contributed by atoms with Gasteiger partial charge in [-0.1, -0.05) is 97.1 Å². The van der Waals surface area contributed by atoms with Crippen LogP contribution in [0.2, 0.25) is 0 Å². The van der Waals surface area contributed by atoms with Crippen LogP contribution in [0.3, 0.4) is 0 Å². The van der Waals surface area contributed by atoms with Gasteiger partial charge in [-0.3, -0.25) is 9.59 Å². The summed E-state index contributed by atoms with van der Waals surface area (Å²) >= 11 is 0.